The van der Waals surface area contributed by atoms with E-state index < -0.39 is 15.8 Å². The molecule has 130 valence electrons. The Bertz CT molecular complexity index is 835. The highest BCUT2D eigenvalue weighted by Gasteiger charge is 2.34. The molecular weight excluding hydrogens is 369 g/mol. The van der Waals surface area contributed by atoms with E-state index in [0.29, 0.717) is 6.54 Å². The van der Waals surface area contributed by atoms with E-state index in [1.807, 2.05) is 18.4 Å². The lowest BCUT2D eigenvalue weighted by Crippen LogP contribution is -2.34. The average molecular weight is 388 g/mol. The predicted octanol–water partition coefficient (Wildman–Crippen LogP) is 5.16. The maximum atomic E-state index is 13.4. The molecule has 0 aliphatic carbocycles. The minimum Gasteiger partial charge on any atom is -0.207 e. The zero-order valence-corrected chi connectivity index (χ0v) is 15.7. The van der Waals surface area contributed by atoms with Gasteiger partial charge in [0.2, 0.25) is 10.0 Å². The molecule has 0 saturated carbocycles. The van der Waals surface area contributed by atoms with Crippen molar-refractivity contribution >= 4 is 33.0 Å². The van der Waals surface area contributed by atoms with Gasteiger partial charge in [-0.05, 0) is 55.0 Å². The fraction of sp³-hybridized carbons (Fsp3) is 0.412. The van der Waals surface area contributed by atoms with Crippen LogP contribution in [0.1, 0.15) is 42.2 Å². The molecule has 1 aliphatic heterocycles. The highest BCUT2D eigenvalue weighted by Crippen LogP contribution is 2.38. The van der Waals surface area contributed by atoms with Gasteiger partial charge in [0.05, 0.1) is 16.0 Å². The highest BCUT2D eigenvalue weighted by molar-refractivity contribution is 7.89. The first-order valence-electron chi connectivity index (χ1n) is 7.92. The monoisotopic (exact) mass is 387 g/mol. The molecule has 1 atom stereocenters. The number of thiophene rings is 1. The summed E-state index contributed by atoms with van der Waals surface area (Å²) >= 11 is 7.39. The zero-order chi connectivity index (χ0) is 17.3. The molecule has 0 N–H and O–H groups in total. The van der Waals surface area contributed by atoms with E-state index in [9.17, 15) is 12.8 Å². The molecule has 1 aromatic heterocycles. The largest absolute Gasteiger partial charge is 0.243 e. The first-order chi connectivity index (χ1) is 11.4. The molecule has 0 bridgehead atoms. The number of hydrogen-bond donors (Lipinski definition) is 0. The van der Waals surface area contributed by atoms with Crippen molar-refractivity contribution in [2.24, 2.45) is 0 Å². The van der Waals surface area contributed by atoms with Gasteiger partial charge in [-0.2, -0.15) is 4.31 Å². The van der Waals surface area contributed by atoms with Crippen LogP contribution in [-0.4, -0.2) is 19.3 Å². The van der Waals surface area contributed by atoms with Crippen LogP contribution in [0.5, 0.6) is 0 Å². The standard InChI is InChI=1S/C17H19ClFNO2S2/c1-12-8-10-23-17(12)16-5-3-2-4-9-20(16)24(21,22)13-6-7-15(19)14(18)11-13/h6-8,10-11,16H,2-5,9H2,1H3. The molecule has 0 amide bonds. The molecule has 2 aromatic rings. The summed E-state index contributed by atoms with van der Waals surface area (Å²) in [5.41, 5.74) is 1.12. The zero-order valence-electron chi connectivity index (χ0n) is 13.3. The molecule has 1 aromatic carbocycles. The van der Waals surface area contributed by atoms with Gasteiger partial charge in [0, 0.05) is 11.4 Å². The van der Waals surface area contributed by atoms with E-state index in [2.05, 4.69) is 0 Å². The van der Waals surface area contributed by atoms with Gasteiger partial charge in [0.25, 0.3) is 0 Å². The Morgan fingerprint density at radius 3 is 2.71 bits per heavy atom. The lowest BCUT2D eigenvalue weighted by atomic mass is 10.1. The third kappa shape index (κ3) is 3.38. The second kappa shape index (κ2) is 7.12. The molecule has 1 unspecified atom stereocenters. The van der Waals surface area contributed by atoms with E-state index >= 15 is 0 Å². The van der Waals surface area contributed by atoms with Gasteiger partial charge in [-0.3, -0.25) is 0 Å². The molecule has 3 rings (SSSR count). The second-order valence-corrected chi connectivity index (χ2v) is 9.27. The van der Waals surface area contributed by atoms with Gasteiger partial charge in [-0.15, -0.1) is 11.3 Å². The fourth-order valence-electron chi connectivity index (χ4n) is 3.13. The molecule has 0 spiro atoms. The third-order valence-corrected chi connectivity index (χ3v) is 7.72. The van der Waals surface area contributed by atoms with E-state index in [-0.39, 0.29) is 16.0 Å². The number of nitrogens with zero attached hydrogens (tertiary/aromatic N) is 1. The Kier molecular flexibility index (Phi) is 5.30. The van der Waals surface area contributed by atoms with Gasteiger partial charge >= 0.3 is 0 Å². The maximum Gasteiger partial charge on any atom is 0.243 e. The quantitative estimate of drug-likeness (QED) is 0.729. The topological polar surface area (TPSA) is 37.4 Å². The summed E-state index contributed by atoms with van der Waals surface area (Å²) in [6.45, 7) is 2.48. The fourth-order valence-corrected chi connectivity index (χ4v) is 6.21. The number of halogens is 2. The lowest BCUT2D eigenvalue weighted by molar-refractivity contribution is 0.332. The summed E-state index contributed by atoms with van der Waals surface area (Å²) in [5.74, 6) is -0.614. The summed E-state index contributed by atoms with van der Waals surface area (Å²) in [7, 11) is -3.73. The summed E-state index contributed by atoms with van der Waals surface area (Å²) < 4.78 is 41.3. The van der Waals surface area contributed by atoms with Crippen LogP contribution in [0.3, 0.4) is 0 Å². The first-order valence-corrected chi connectivity index (χ1v) is 10.6. The van der Waals surface area contributed by atoms with Crippen LogP contribution in [-0.2, 0) is 10.0 Å². The van der Waals surface area contributed by atoms with Crippen molar-refractivity contribution in [1.29, 1.82) is 0 Å². The van der Waals surface area contributed by atoms with Crippen LogP contribution in [0.2, 0.25) is 5.02 Å². The Balaban J connectivity index is 2.05. The predicted molar refractivity (Wildman–Crippen MR) is 95.6 cm³/mol. The second-order valence-electron chi connectivity index (χ2n) is 6.02. The van der Waals surface area contributed by atoms with Gasteiger partial charge in [0.1, 0.15) is 5.82 Å². The lowest BCUT2D eigenvalue weighted by Gasteiger charge is -2.29. The Morgan fingerprint density at radius 1 is 1.25 bits per heavy atom. The molecular formula is C17H19ClFNO2S2. The van der Waals surface area contributed by atoms with Crippen LogP contribution in [0.15, 0.2) is 34.5 Å². The number of rotatable bonds is 3. The molecule has 7 heteroatoms. The minimum atomic E-state index is -3.73. The SMILES string of the molecule is Cc1ccsc1C1CCCCCN1S(=O)(=O)c1ccc(F)c(Cl)c1. The van der Waals surface area contributed by atoms with Crippen LogP contribution in [0, 0.1) is 12.7 Å². The Labute approximate surface area is 151 Å². The molecule has 0 radical (unpaired) electrons. The third-order valence-electron chi connectivity index (χ3n) is 4.41. The Morgan fingerprint density at radius 2 is 2.04 bits per heavy atom. The first kappa shape index (κ1) is 17.9. The number of aryl methyl sites for hydroxylation is 1. The van der Waals surface area contributed by atoms with Gasteiger partial charge in [-0.25, -0.2) is 12.8 Å². The van der Waals surface area contributed by atoms with Crippen LogP contribution in [0.4, 0.5) is 4.39 Å². The van der Waals surface area contributed by atoms with E-state index in [1.54, 1.807) is 15.6 Å². The van der Waals surface area contributed by atoms with Crippen molar-refractivity contribution in [3.8, 4) is 0 Å². The van der Waals surface area contributed by atoms with Crippen LogP contribution >= 0.6 is 22.9 Å². The number of benzene rings is 1. The highest BCUT2D eigenvalue weighted by atomic mass is 35.5. The normalized spacial score (nSPS) is 20.0. The molecule has 1 aliphatic rings. The van der Waals surface area contributed by atoms with Crippen molar-refractivity contribution in [2.45, 2.75) is 43.5 Å². The summed E-state index contributed by atoms with van der Waals surface area (Å²) in [6.07, 6.45) is 3.64. The summed E-state index contributed by atoms with van der Waals surface area (Å²) in [4.78, 5) is 1.14. The molecule has 24 heavy (non-hydrogen) atoms. The van der Waals surface area contributed by atoms with Gasteiger partial charge in [0.15, 0.2) is 0 Å². The molecule has 1 saturated heterocycles. The Hall–Kier alpha value is -0.950. The van der Waals surface area contributed by atoms with Crippen LogP contribution < -0.4 is 0 Å². The minimum absolute atomic E-state index is 0.0509. The molecule has 1 fully saturated rings. The number of sulfonamides is 1. The summed E-state index contributed by atoms with van der Waals surface area (Å²) in [5, 5.41) is 1.82. The van der Waals surface area contributed by atoms with E-state index in [4.69, 9.17) is 11.6 Å². The number of hydrogen-bond acceptors (Lipinski definition) is 3. The van der Waals surface area contributed by atoms with Crippen molar-refractivity contribution < 1.29 is 12.8 Å². The average Bonchev–Trinajstić information content (AvgIpc) is 2.82. The maximum absolute atomic E-state index is 13.4. The van der Waals surface area contributed by atoms with E-state index in [0.717, 1.165) is 42.2 Å². The van der Waals surface area contributed by atoms with Crippen molar-refractivity contribution in [3.05, 3.63) is 50.9 Å². The van der Waals surface area contributed by atoms with Crippen molar-refractivity contribution in [1.82, 2.24) is 4.31 Å². The molecule has 2 heterocycles. The van der Waals surface area contributed by atoms with E-state index in [1.165, 1.54) is 12.1 Å². The van der Waals surface area contributed by atoms with Gasteiger partial charge < -0.3 is 0 Å². The molecule has 3 nitrogen and oxygen atoms in total. The smallest absolute Gasteiger partial charge is 0.207 e. The van der Waals surface area contributed by atoms with Gasteiger partial charge in [-0.1, -0.05) is 24.4 Å². The van der Waals surface area contributed by atoms with Crippen LogP contribution in [0.25, 0.3) is 0 Å². The van der Waals surface area contributed by atoms with Crippen molar-refractivity contribution in [2.75, 3.05) is 6.54 Å². The summed E-state index contributed by atoms with van der Waals surface area (Å²) in [6, 6.07) is 5.46. The van der Waals surface area contributed by atoms with Crippen molar-refractivity contribution in [3.63, 3.8) is 0 Å².